The number of carboxylic acid groups (broad SMARTS) is 1. The van der Waals surface area contributed by atoms with E-state index in [1.807, 2.05) is 0 Å². The third kappa shape index (κ3) is 1.61. The SMILES string of the molecule is O=C(O)C1(c2cccc(F)c2)CCCN1. The second-order valence-corrected chi connectivity index (χ2v) is 3.75. The summed E-state index contributed by atoms with van der Waals surface area (Å²) in [5.74, 6) is -1.34. The Balaban J connectivity index is 2.45. The Morgan fingerprint density at radius 2 is 2.33 bits per heavy atom. The quantitative estimate of drug-likeness (QED) is 0.775. The molecule has 80 valence electrons. The topological polar surface area (TPSA) is 49.3 Å². The van der Waals surface area contributed by atoms with E-state index in [9.17, 15) is 14.3 Å². The highest BCUT2D eigenvalue weighted by molar-refractivity contribution is 5.81. The Morgan fingerprint density at radius 3 is 2.87 bits per heavy atom. The maximum absolute atomic E-state index is 13.0. The lowest BCUT2D eigenvalue weighted by molar-refractivity contribution is -0.144. The predicted molar refractivity (Wildman–Crippen MR) is 53.0 cm³/mol. The molecule has 0 amide bonds. The molecule has 1 fully saturated rings. The van der Waals surface area contributed by atoms with Gasteiger partial charge in [0.15, 0.2) is 0 Å². The first-order chi connectivity index (χ1) is 7.15. The second kappa shape index (κ2) is 3.62. The fourth-order valence-electron chi connectivity index (χ4n) is 2.05. The number of halogens is 1. The van der Waals surface area contributed by atoms with Crippen molar-refractivity contribution in [2.75, 3.05) is 6.54 Å². The molecule has 0 spiro atoms. The van der Waals surface area contributed by atoms with Crippen LogP contribution in [0.2, 0.25) is 0 Å². The minimum Gasteiger partial charge on any atom is -0.480 e. The fraction of sp³-hybridized carbons (Fsp3) is 0.364. The summed E-state index contributed by atoms with van der Waals surface area (Å²) in [5.41, 5.74) is -0.602. The van der Waals surface area contributed by atoms with Crippen molar-refractivity contribution < 1.29 is 14.3 Å². The van der Waals surface area contributed by atoms with Crippen molar-refractivity contribution in [2.24, 2.45) is 0 Å². The van der Waals surface area contributed by atoms with Crippen molar-refractivity contribution in [2.45, 2.75) is 18.4 Å². The van der Waals surface area contributed by atoms with Gasteiger partial charge in [0.05, 0.1) is 0 Å². The van der Waals surface area contributed by atoms with Crippen molar-refractivity contribution in [3.05, 3.63) is 35.6 Å². The lowest BCUT2D eigenvalue weighted by atomic mass is 9.88. The first kappa shape index (κ1) is 10.1. The molecular formula is C11H12FNO2. The number of carbonyl (C=O) groups is 1. The molecule has 0 aromatic heterocycles. The van der Waals surface area contributed by atoms with E-state index >= 15 is 0 Å². The molecule has 1 aromatic carbocycles. The summed E-state index contributed by atoms with van der Waals surface area (Å²) in [7, 11) is 0. The molecule has 0 radical (unpaired) electrons. The van der Waals surface area contributed by atoms with Gasteiger partial charge in [0, 0.05) is 0 Å². The molecule has 2 rings (SSSR count). The summed E-state index contributed by atoms with van der Waals surface area (Å²) in [6.45, 7) is 0.656. The van der Waals surface area contributed by atoms with Gasteiger partial charge in [-0.2, -0.15) is 0 Å². The van der Waals surface area contributed by atoms with Gasteiger partial charge >= 0.3 is 5.97 Å². The zero-order chi connectivity index (χ0) is 10.9. The van der Waals surface area contributed by atoms with Crippen molar-refractivity contribution in [1.29, 1.82) is 0 Å². The molecule has 1 saturated heterocycles. The van der Waals surface area contributed by atoms with Crippen LogP contribution >= 0.6 is 0 Å². The van der Waals surface area contributed by atoms with Crippen molar-refractivity contribution >= 4 is 5.97 Å². The van der Waals surface area contributed by atoms with Crippen LogP contribution in [0.25, 0.3) is 0 Å². The fourth-order valence-corrected chi connectivity index (χ4v) is 2.05. The minimum absolute atomic E-state index is 0.401. The monoisotopic (exact) mass is 209 g/mol. The molecule has 1 aliphatic rings. The molecule has 1 aliphatic heterocycles. The molecule has 1 atom stereocenters. The van der Waals surface area contributed by atoms with Crippen molar-refractivity contribution in [3.8, 4) is 0 Å². The molecular weight excluding hydrogens is 197 g/mol. The first-order valence-corrected chi connectivity index (χ1v) is 4.90. The average Bonchev–Trinajstić information content (AvgIpc) is 2.67. The molecule has 1 heterocycles. The van der Waals surface area contributed by atoms with Crippen LogP contribution in [0, 0.1) is 5.82 Å². The van der Waals surface area contributed by atoms with Gasteiger partial charge in [-0.1, -0.05) is 12.1 Å². The highest BCUT2D eigenvalue weighted by atomic mass is 19.1. The molecule has 0 aliphatic carbocycles. The molecule has 0 saturated carbocycles. The van der Waals surface area contributed by atoms with E-state index in [4.69, 9.17) is 0 Å². The third-order valence-corrected chi connectivity index (χ3v) is 2.84. The number of hydrogen-bond donors (Lipinski definition) is 2. The smallest absolute Gasteiger partial charge is 0.328 e. The van der Waals surface area contributed by atoms with Crippen LogP contribution in [0.5, 0.6) is 0 Å². The normalized spacial score (nSPS) is 25.4. The summed E-state index contributed by atoms with van der Waals surface area (Å²) >= 11 is 0. The number of carboxylic acids is 1. The van der Waals surface area contributed by atoms with Gasteiger partial charge in [-0.05, 0) is 37.1 Å². The highest BCUT2D eigenvalue weighted by Gasteiger charge is 2.42. The van der Waals surface area contributed by atoms with Crippen molar-refractivity contribution in [3.63, 3.8) is 0 Å². The highest BCUT2D eigenvalue weighted by Crippen LogP contribution is 2.31. The van der Waals surface area contributed by atoms with E-state index in [-0.39, 0.29) is 0 Å². The molecule has 0 bridgehead atoms. The molecule has 1 aromatic rings. The van der Waals surface area contributed by atoms with Crippen LogP contribution in [0.1, 0.15) is 18.4 Å². The van der Waals surface area contributed by atoms with E-state index in [0.29, 0.717) is 18.5 Å². The number of hydrogen-bond acceptors (Lipinski definition) is 2. The van der Waals surface area contributed by atoms with Crippen LogP contribution in [-0.2, 0) is 10.3 Å². The van der Waals surface area contributed by atoms with Gasteiger partial charge in [0.2, 0.25) is 0 Å². The summed E-state index contributed by atoms with van der Waals surface area (Å²) in [4.78, 5) is 11.3. The Hall–Kier alpha value is -1.42. The van der Waals surface area contributed by atoms with Crippen molar-refractivity contribution in [1.82, 2.24) is 5.32 Å². The zero-order valence-corrected chi connectivity index (χ0v) is 8.16. The second-order valence-electron chi connectivity index (χ2n) is 3.75. The number of benzene rings is 1. The first-order valence-electron chi connectivity index (χ1n) is 4.90. The lowest BCUT2D eigenvalue weighted by Crippen LogP contribution is -2.44. The minimum atomic E-state index is -1.10. The third-order valence-electron chi connectivity index (χ3n) is 2.84. The number of rotatable bonds is 2. The van der Waals surface area contributed by atoms with E-state index in [0.717, 1.165) is 6.42 Å². The van der Waals surface area contributed by atoms with E-state index in [1.54, 1.807) is 6.07 Å². The van der Waals surface area contributed by atoms with Crippen LogP contribution < -0.4 is 5.32 Å². The predicted octanol–water partition coefficient (Wildman–Crippen LogP) is 1.49. The number of nitrogens with one attached hydrogen (secondary N) is 1. The summed E-state index contributed by atoms with van der Waals surface area (Å²) in [6.07, 6.45) is 1.30. The summed E-state index contributed by atoms with van der Waals surface area (Å²) < 4.78 is 13.0. The summed E-state index contributed by atoms with van der Waals surface area (Å²) in [5, 5.41) is 12.2. The van der Waals surface area contributed by atoms with Gasteiger partial charge < -0.3 is 5.11 Å². The molecule has 15 heavy (non-hydrogen) atoms. The Morgan fingerprint density at radius 1 is 1.53 bits per heavy atom. The van der Waals surface area contributed by atoms with Crippen LogP contribution in [0.3, 0.4) is 0 Å². The maximum Gasteiger partial charge on any atom is 0.328 e. The molecule has 3 nitrogen and oxygen atoms in total. The molecule has 1 unspecified atom stereocenters. The largest absolute Gasteiger partial charge is 0.480 e. The van der Waals surface area contributed by atoms with E-state index in [2.05, 4.69) is 5.32 Å². The zero-order valence-electron chi connectivity index (χ0n) is 8.16. The Bertz CT molecular complexity index is 386. The van der Waals surface area contributed by atoms with Gasteiger partial charge in [0.1, 0.15) is 11.4 Å². The average molecular weight is 209 g/mol. The van der Waals surface area contributed by atoms with E-state index in [1.165, 1.54) is 18.2 Å². The van der Waals surface area contributed by atoms with Crippen LogP contribution in [0.4, 0.5) is 4.39 Å². The van der Waals surface area contributed by atoms with Gasteiger partial charge in [-0.3, -0.25) is 5.32 Å². The molecule has 4 heteroatoms. The van der Waals surface area contributed by atoms with Gasteiger partial charge in [0.25, 0.3) is 0 Å². The van der Waals surface area contributed by atoms with E-state index < -0.39 is 17.3 Å². The van der Waals surface area contributed by atoms with Crippen LogP contribution in [0.15, 0.2) is 24.3 Å². The lowest BCUT2D eigenvalue weighted by Gasteiger charge is -2.24. The van der Waals surface area contributed by atoms with Gasteiger partial charge in [-0.15, -0.1) is 0 Å². The Labute approximate surface area is 86.9 Å². The Kier molecular flexibility index (Phi) is 2.44. The number of aliphatic carboxylic acids is 1. The standard InChI is InChI=1S/C11H12FNO2/c12-9-4-1-3-8(7-9)11(10(14)15)5-2-6-13-11/h1,3-4,7,13H,2,5-6H2,(H,14,15). The van der Waals surface area contributed by atoms with Gasteiger partial charge in [-0.25, -0.2) is 9.18 Å². The molecule has 2 N–H and O–H groups in total. The summed E-state index contributed by atoms with van der Waals surface area (Å²) in [6, 6.07) is 5.78. The maximum atomic E-state index is 13.0. The van der Waals surface area contributed by atoms with Crippen LogP contribution in [-0.4, -0.2) is 17.6 Å².